The van der Waals surface area contributed by atoms with E-state index in [4.69, 9.17) is 0 Å². The Labute approximate surface area is 123 Å². The van der Waals surface area contributed by atoms with Gasteiger partial charge in [0, 0.05) is 18.1 Å². The van der Waals surface area contributed by atoms with E-state index in [0.717, 1.165) is 6.07 Å². The number of aliphatic hydroxyl groups is 1. The summed E-state index contributed by atoms with van der Waals surface area (Å²) in [6.45, 7) is 0.0554. The van der Waals surface area contributed by atoms with E-state index in [2.05, 4.69) is 0 Å². The lowest BCUT2D eigenvalue weighted by Crippen LogP contribution is -2.21. The van der Waals surface area contributed by atoms with Crippen molar-refractivity contribution >= 4 is 16.8 Å². The van der Waals surface area contributed by atoms with Crippen molar-refractivity contribution in [2.24, 2.45) is 0 Å². The zero-order valence-electron chi connectivity index (χ0n) is 11.4. The summed E-state index contributed by atoms with van der Waals surface area (Å²) in [7, 11) is 0. The van der Waals surface area contributed by atoms with Crippen LogP contribution in [0.3, 0.4) is 0 Å². The van der Waals surface area contributed by atoms with E-state index in [0.29, 0.717) is 16.9 Å². The second-order valence-corrected chi connectivity index (χ2v) is 5.16. The number of pyridine rings is 1. The zero-order valence-corrected chi connectivity index (χ0v) is 11.4. The Bertz CT molecular complexity index is 1000. The smallest absolute Gasteiger partial charge is 0.268 e. The Morgan fingerprint density at radius 3 is 2.77 bits per heavy atom. The van der Waals surface area contributed by atoms with Crippen LogP contribution < -0.4 is 5.43 Å². The molecule has 0 amide bonds. The van der Waals surface area contributed by atoms with Crippen LogP contribution in [0.1, 0.15) is 10.4 Å². The minimum atomic E-state index is -0.537. The first-order chi connectivity index (χ1) is 10.6. The number of benzene rings is 1. The highest BCUT2D eigenvalue weighted by Crippen LogP contribution is 2.33. The van der Waals surface area contributed by atoms with E-state index in [1.54, 1.807) is 22.9 Å². The molecule has 1 N–H and O–H groups in total. The van der Waals surface area contributed by atoms with Crippen molar-refractivity contribution in [2.45, 2.75) is 6.54 Å². The molecule has 0 aliphatic carbocycles. The topological polar surface area (TPSA) is 64.2 Å². The van der Waals surface area contributed by atoms with E-state index >= 15 is 0 Å². The molecule has 3 heterocycles. The Kier molecular flexibility index (Phi) is 2.58. The fraction of sp³-hybridized carbons (Fsp3) is 0.125. The average molecular weight is 298 g/mol. The predicted molar refractivity (Wildman–Crippen MR) is 78.4 cm³/mol. The molecule has 1 aliphatic rings. The second kappa shape index (κ2) is 4.38. The summed E-state index contributed by atoms with van der Waals surface area (Å²) in [5.41, 5.74) is 1.14. The molecule has 4 rings (SSSR count). The Morgan fingerprint density at radius 1 is 1.18 bits per heavy atom. The van der Waals surface area contributed by atoms with Crippen molar-refractivity contribution in [3.63, 3.8) is 0 Å². The highest BCUT2D eigenvalue weighted by Gasteiger charge is 2.32. The third kappa shape index (κ3) is 1.50. The monoisotopic (exact) mass is 298 g/mol. The maximum atomic E-state index is 13.5. The van der Waals surface area contributed by atoms with Gasteiger partial charge in [-0.05, 0) is 30.3 Å². The van der Waals surface area contributed by atoms with Crippen LogP contribution in [-0.2, 0) is 6.54 Å². The number of aromatic nitrogens is 2. The Morgan fingerprint density at radius 2 is 2.00 bits per heavy atom. The molecule has 1 aliphatic heterocycles. The summed E-state index contributed by atoms with van der Waals surface area (Å²) in [6.07, 6.45) is 1.59. The molecule has 0 spiro atoms. The lowest BCUT2D eigenvalue weighted by atomic mass is 10.1. The molecule has 0 unspecified atom stereocenters. The summed E-state index contributed by atoms with van der Waals surface area (Å²) in [4.78, 5) is 25.1. The summed E-state index contributed by atoms with van der Waals surface area (Å²) < 4.78 is 16.6. The van der Waals surface area contributed by atoms with Gasteiger partial charge in [-0.15, -0.1) is 0 Å². The van der Waals surface area contributed by atoms with Crippen LogP contribution in [0.15, 0.2) is 41.3 Å². The highest BCUT2D eigenvalue weighted by atomic mass is 19.1. The zero-order chi connectivity index (χ0) is 15.4. The van der Waals surface area contributed by atoms with E-state index in [1.165, 1.54) is 16.7 Å². The van der Waals surface area contributed by atoms with Gasteiger partial charge in [0.15, 0.2) is 0 Å². The van der Waals surface area contributed by atoms with Gasteiger partial charge in [0.25, 0.3) is 5.91 Å². The number of nitrogens with zero attached hydrogens (tertiary/aromatic N) is 2. The van der Waals surface area contributed by atoms with Gasteiger partial charge < -0.3 is 9.67 Å². The Balaban J connectivity index is 2.23. The van der Waals surface area contributed by atoms with Gasteiger partial charge in [0.2, 0.25) is 5.43 Å². The number of halogens is 1. The van der Waals surface area contributed by atoms with E-state index < -0.39 is 17.2 Å². The molecule has 6 heteroatoms. The highest BCUT2D eigenvalue weighted by molar-refractivity contribution is 6.10. The van der Waals surface area contributed by atoms with Gasteiger partial charge in [-0.1, -0.05) is 0 Å². The lowest BCUT2D eigenvalue weighted by Gasteiger charge is -2.15. The molecule has 0 saturated carbocycles. The third-order valence-electron chi connectivity index (χ3n) is 3.98. The summed E-state index contributed by atoms with van der Waals surface area (Å²) in [6, 6.07) is 7.36. The van der Waals surface area contributed by atoms with E-state index in [-0.39, 0.29) is 24.1 Å². The SMILES string of the molecule is O=C1c2c(n(CCO)c3ccc(F)cc3c2=O)-c2cccn21. The first-order valence-corrected chi connectivity index (χ1v) is 6.83. The van der Waals surface area contributed by atoms with Crippen molar-refractivity contribution in [1.29, 1.82) is 0 Å². The van der Waals surface area contributed by atoms with Gasteiger partial charge in [-0.3, -0.25) is 14.2 Å². The number of hydrogen-bond donors (Lipinski definition) is 1. The predicted octanol–water partition coefficient (Wildman–Crippen LogP) is 1.60. The second-order valence-electron chi connectivity index (χ2n) is 5.16. The molecule has 22 heavy (non-hydrogen) atoms. The number of fused-ring (bicyclic) bond motifs is 4. The summed E-state index contributed by atoms with van der Waals surface area (Å²) >= 11 is 0. The first-order valence-electron chi connectivity index (χ1n) is 6.83. The fourth-order valence-corrected chi connectivity index (χ4v) is 3.09. The number of carbonyl (C=O) groups excluding carboxylic acids is 1. The Hall–Kier alpha value is -2.73. The molecule has 5 nitrogen and oxygen atoms in total. The van der Waals surface area contributed by atoms with Crippen LogP contribution in [0.2, 0.25) is 0 Å². The number of hydrogen-bond acceptors (Lipinski definition) is 3. The van der Waals surface area contributed by atoms with Crippen LogP contribution in [0.5, 0.6) is 0 Å². The van der Waals surface area contributed by atoms with Gasteiger partial charge in [0.1, 0.15) is 11.4 Å². The summed E-state index contributed by atoms with van der Waals surface area (Å²) in [5, 5.41) is 9.48. The van der Waals surface area contributed by atoms with Gasteiger partial charge >= 0.3 is 0 Å². The molecular weight excluding hydrogens is 287 g/mol. The molecule has 0 saturated heterocycles. The molecule has 2 aromatic heterocycles. The normalized spacial score (nSPS) is 12.7. The van der Waals surface area contributed by atoms with E-state index in [1.807, 2.05) is 0 Å². The molecule has 110 valence electrons. The van der Waals surface area contributed by atoms with Crippen molar-refractivity contribution in [2.75, 3.05) is 6.61 Å². The number of carbonyl (C=O) groups is 1. The fourth-order valence-electron chi connectivity index (χ4n) is 3.09. The van der Waals surface area contributed by atoms with Gasteiger partial charge in [-0.2, -0.15) is 0 Å². The largest absolute Gasteiger partial charge is 0.395 e. The maximum Gasteiger partial charge on any atom is 0.268 e. The van der Waals surface area contributed by atoms with Crippen LogP contribution in [0, 0.1) is 5.82 Å². The maximum absolute atomic E-state index is 13.5. The minimum absolute atomic E-state index is 0.0298. The molecule has 0 bridgehead atoms. The summed E-state index contributed by atoms with van der Waals surface area (Å²) in [5.74, 6) is -0.956. The molecule has 0 fully saturated rings. The van der Waals surface area contributed by atoms with Crippen LogP contribution in [0.4, 0.5) is 4.39 Å². The van der Waals surface area contributed by atoms with Crippen molar-refractivity contribution in [3.8, 4) is 11.4 Å². The minimum Gasteiger partial charge on any atom is -0.395 e. The van der Waals surface area contributed by atoms with Crippen LogP contribution >= 0.6 is 0 Å². The van der Waals surface area contributed by atoms with Crippen molar-refractivity contribution in [3.05, 3.63) is 58.1 Å². The van der Waals surface area contributed by atoms with E-state index in [9.17, 15) is 19.1 Å². The quantitative estimate of drug-likeness (QED) is 0.611. The van der Waals surface area contributed by atoms with Gasteiger partial charge in [-0.25, -0.2) is 4.39 Å². The van der Waals surface area contributed by atoms with Crippen LogP contribution in [0.25, 0.3) is 22.3 Å². The van der Waals surface area contributed by atoms with Crippen molar-refractivity contribution in [1.82, 2.24) is 9.13 Å². The molecule has 3 aromatic rings. The molecule has 0 radical (unpaired) electrons. The van der Waals surface area contributed by atoms with Crippen LogP contribution in [-0.4, -0.2) is 26.8 Å². The lowest BCUT2D eigenvalue weighted by molar-refractivity contribution is 0.0968. The number of aliphatic hydroxyl groups excluding tert-OH is 1. The standard InChI is InChI=1S/C16H11FN2O3/c17-9-3-4-11-10(8-9)15(21)13-14(18(11)6-7-20)12-2-1-5-19(12)16(13)22/h1-5,8,20H,6-7H2. The number of rotatable bonds is 2. The third-order valence-corrected chi connectivity index (χ3v) is 3.98. The average Bonchev–Trinajstić information content (AvgIpc) is 3.07. The molecular formula is C16H11FN2O3. The van der Waals surface area contributed by atoms with Gasteiger partial charge in [0.05, 0.1) is 23.5 Å². The molecule has 0 atom stereocenters. The molecule has 1 aromatic carbocycles. The van der Waals surface area contributed by atoms with Crippen molar-refractivity contribution < 1.29 is 14.3 Å². The first kappa shape index (κ1) is 13.0.